The molecule has 0 unspecified atom stereocenters. The fourth-order valence-electron chi connectivity index (χ4n) is 2.08. The van der Waals surface area contributed by atoms with E-state index in [4.69, 9.17) is 11.6 Å². The number of benzene rings is 1. The molecule has 0 amide bonds. The van der Waals surface area contributed by atoms with Crippen molar-refractivity contribution in [2.45, 2.75) is 6.42 Å². The van der Waals surface area contributed by atoms with Crippen LogP contribution in [0.5, 0.6) is 0 Å². The van der Waals surface area contributed by atoms with Crippen LogP contribution in [-0.2, 0) is 6.42 Å². The number of nitrogens with one attached hydrogen (secondary N) is 2. The van der Waals surface area contributed by atoms with Crippen molar-refractivity contribution >= 4 is 17.4 Å². The zero-order valence-corrected chi connectivity index (χ0v) is 9.71. The maximum absolute atomic E-state index is 11.5. The topological polar surface area (TPSA) is 57.8 Å². The maximum atomic E-state index is 11.5. The smallest absolute Gasteiger partial charge is 0.347 e. The molecule has 1 aliphatic heterocycles. The molecule has 2 heterocycles. The predicted octanol–water partition coefficient (Wildman–Crippen LogP) is 2.06. The molecule has 0 spiro atoms. The highest BCUT2D eigenvalue weighted by atomic mass is 35.5. The van der Waals surface area contributed by atoms with E-state index in [1.54, 1.807) is 0 Å². The summed E-state index contributed by atoms with van der Waals surface area (Å²) in [5.74, 6) is 0.684. The molecule has 5 heteroatoms. The molecule has 0 aliphatic carbocycles. The van der Waals surface area contributed by atoms with Crippen molar-refractivity contribution in [2.24, 2.45) is 0 Å². The predicted molar refractivity (Wildman–Crippen MR) is 67.5 cm³/mol. The van der Waals surface area contributed by atoms with Gasteiger partial charge in [0.2, 0.25) is 0 Å². The monoisotopic (exact) mass is 247 g/mol. The van der Waals surface area contributed by atoms with E-state index in [9.17, 15) is 4.79 Å². The summed E-state index contributed by atoms with van der Waals surface area (Å²) in [6, 6.07) is 7.44. The van der Waals surface area contributed by atoms with Crippen LogP contribution in [-0.4, -0.2) is 16.5 Å². The Labute approximate surface area is 103 Å². The SMILES string of the molecule is O=c1nc2c(c(-c3cccc(Cl)c3)[nH]1)CCN2. The third kappa shape index (κ3) is 1.80. The van der Waals surface area contributed by atoms with E-state index in [0.717, 1.165) is 29.8 Å². The van der Waals surface area contributed by atoms with Crippen molar-refractivity contribution in [3.05, 3.63) is 45.3 Å². The number of anilines is 1. The summed E-state index contributed by atoms with van der Waals surface area (Å²) >= 11 is 5.96. The van der Waals surface area contributed by atoms with Gasteiger partial charge in [0.25, 0.3) is 0 Å². The molecule has 4 nitrogen and oxygen atoms in total. The van der Waals surface area contributed by atoms with Gasteiger partial charge < -0.3 is 10.3 Å². The summed E-state index contributed by atoms with van der Waals surface area (Å²) in [7, 11) is 0. The Bertz CT molecular complexity index is 636. The zero-order valence-electron chi connectivity index (χ0n) is 8.96. The lowest BCUT2D eigenvalue weighted by Gasteiger charge is -2.07. The van der Waals surface area contributed by atoms with Gasteiger partial charge in [0.1, 0.15) is 5.82 Å². The first-order chi connectivity index (χ1) is 8.24. The van der Waals surface area contributed by atoms with Crippen LogP contribution in [0, 0.1) is 0 Å². The maximum Gasteiger partial charge on any atom is 0.347 e. The number of rotatable bonds is 1. The zero-order chi connectivity index (χ0) is 11.8. The first-order valence-corrected chi connectivity index (χ1v) is 5.75. The summed E-state index contributed by atoms with van der Waals surface area (Å²) in [4.78, 5) is 18.2. The minimum absolute atomic E-state index is 0.340. The van der Waals surface area contributed by atoms with Crippen molar-refractivity contribution in [3.63, 3.8) is 0 Å². The third-order valence-electron chi connectivity index (χ3n) is 2.81. The van der Waals surface area contributed by atoms with Crippen LogP contribution in [0.1, 0.15) is 5.56 Å². The average Bonchev–Trinajstić information content (AvgIpc) is 2.75. The lowest BCUT2D eigenvalue weighted by Crippen LogP contribution is -2.13. The van der Waals surface area contributed by atoms with Crippen LogP contribution >= 0.6 is 11.6 Å². The van der Waals surface area contributed by atoms with Crippen molar-refractivity contribution in [3.8, 4) is 11.3 Å². The van der Waals surface area contributed by atoms with Crippen LogP contribution in [0.3, 0.4) is 0 Å². The average molecular weight is 248 g/mol. The summed E-state index contributed by atoms with van der Waals surface area (Å²) in [5, 5.41) is 3.75. The Kier molecular flexibility index (Phi) is 2.37. The summed E-state index contributed by atoms with van der Waals surface area (Å²) in [6.07, 6.45) is 0.862. The minimum Gasteiger partial charge on any atom is -0.369 e. The molecule has 1 aromatic heterocycles. The largest absolute Gasteiger partial charge is 0.369 e. The van der Waals surface area contributed by atoms with Gasteiger partial charge in [-0.3, -0.25) is 0 Å². The van der Waals surface area contributed by atoms with E-state index in [1.165, 1.54) is 0 Å². The number of hydrogen-bond donors (Lipinski definition) is 2. The quantitative estimate of drug-likeness (QED) is 0.811. The number of H-pyrrole nitrogens is 1. The van der Waals surface area contributed by atoms with Gasteiger partial charge in [0.15, 0.2) is 0 Å². The molecule has 2 N–H and O–H groups in total. The molecule has 0 fully saturated rings. The molecule has 0 saturated heterocycles. The van der Waals surface area contributed by atoms with Gasteiger partial charge in [-0.05, 0) is 24.1 Å². The van der Waals surface area contributed by atoms with E-state index >= 15 is 0 Å². The number of aromatic nitrogens is 2. The summed E-state index contributed by atoms with van der Waals surface area (Å²) < 4.78 is 0. The molecule has 1 aliphatic rings. The third-order valence-corrected chi connectivity index (χ3v) is 3.05. The number of nitrogens with zero attached hydrogens (tertiary/aromatic N) is 1. The first kappa shape index (κ1) is 10.4. The van der Waals surface area contributed by atoms with E-state index in [0.29, 0.717) is 10.8 Å². The highest BCUT2D eigenvalue weighted by Gasteiger charge is 2.18. The Morgan fingerprint density at radius 3 is 3.06 bits per heavy atom. The van der Waals surface area contributed by atoms with Crippen LogP contribution in [0.25, 0.3) is 11.3 Å². The highest BCUT2D eigenvalue weighted by molar-refractivity contribution is 6.30. The Morgan fingerprint density at radius 1 is 1.35 bits per heavy atom. The van der Waals surface area contributed by atoms with E-state index in [2.05, 4.69) is 15.3 Å². The lowest BCUT2D eigenvalue weighted by molar-refractivity contribution is 1.06. The molecule has 0 radical (unpaired) electrons. The normalized spacial score (nSPS) is 13.2. The van der Waals surface area contributed by atoms with Gasteiger partial charge in [-0.1, -0.05) is 23.7 Å². The minimum atomic E-state index is -0.340. The number of hydrogen-bond acceptors (Lipinski definition) is 3. The standard InChI is InChI=1S/C12H10ClN3O/c13-8-3-1-2-7(6-8)10-9-4-5-14-11(9)16-12(17)15-10/h1-3,6H,4-5H2,(H2,14,15,16,17). The Morgan fingerprint density at radius 2 is 2.24 bits per heavy atom. The van der Waals surface area contributed by atoms with Crippen molar-refractivity contribution in [1.82, 2.24) is 9.97 Å². The number of aromatic amines is 1. The van der Waals surface area contributed by atoms with Gasteiger partial charge in [-0.2, -0.15) is 4.98 Å². The molecule has 0 saturated carbocycles. The van der Waals surface area contributed by atoms with Gasteiger partial charge in [-0.15, -0.1) is 0 Å². The van der Waals surface area contributed by atoms with Crippen LogP contribution < -0.4 is 11.0 Å². The van der Waals surface area contributed by atoms with Crippen LogP contribution in [0.4, 0.5) is 5.82 Å². The van der Waals surface area contributed by atoms with E-state index < -0.39 is 0 Å². The first-order valence-electron chi connectivity index (χ1n) is 5.37. The van der Waals surface area contributed by atoms with E-state index in [-0.39, 0.29) is 5.69 Å². The van der Waals surface area contributed by atoms with Crippen molar-refractivity contribution in [1.29, 1.82) is 0 Å². The molecule has 17 heavy (non-hydrogen) atoms. The van der Waals surface area contributed by atoms with Gasteiger partial charge in [0.05, 0.1) is 5.69 Å². The summed E-state index contributed by atoms with van der Waals surface area (Å²) in [6.45, 7) is 0.813. The van der Waals surface area contributed by atoms with Gasteiger partial charge >= 0.3 is 5.69 Å². The second kappa shape index (κ2) is 3.89. The van der Waals surface area contributed by atoms with E-state index in [1.807, 2.05) is 24.3 Å². The Balaban J connectivity index is 2.24. The van der Waals surface area contributed by atoms with Gasteiger partial charge in [0, 0.05) is 17.1 Å². The molecule has 0 atom stereocenters. The highest BCUT2D eigenvalue weighted by Crippen LogP contribution is 2.29. The fraction of sp³-hybridized carbons (Fsp3) is 0.167. The van der Waals surface area contributed by atoms with Crippen molar-refractivity contribution in [2.75, 3.05) is 11.9 Å². The molecule has 1 aromatic carbocycles. The molecule has 2 aromatic rings. The second-order valence-corrected chi connectivity index (χ2v) is 4.37. The molecule has 3 rings (SSSR count). The lowest BCUT2D eigenvalue weighted by atomic mass is 10.1. The van der Waals surface area contributed by atoms with Crippen LogP contribution in [0.2, 0.25) is 5.02 Å². The molecular weight excluding hydrogens is 238 g/mol. The number of halogens is 1. The fourth-order valence-corrected chi connectivity index (χ4v) is 2.27. The molecule has 0 bridgehead atoms. The van der Waals surface area contributed by atoms with Crippen molar-refractivity contribution < 1.29 is 0 Å². The summed E-state index contributed by atoms with van der Waals surface area (Å²) in [5.41, 5.74) is 2.43. The number of fused-ring (bicyclic) bond motifs is 1. The molecular formula is C12H10ClN3O. The Hall–Kier alpha value is -1.81. The second-order valence-electron chi connectivity index (χ2n) is 3.93. The molecule has 86 valence electrons. The van der Waals surface area contributed by atoms with Crippen LogP contribution in [0.15, 0.2) is 29.1 Å². The van der Waals surface area contributed by atoms with Gasteiger partial charge in [-0.25, -0.2) is 4.79 Å².